The lowest BCUT2D eigenvalue weighted by Crippen LogP contribution is -2.26. The second-order valence-corrected chi connectivity index (χ2v) is 8.35. The van der Waals surface area contributed by atoms with Crippen molar-refractivity contribution in [2.75, 3.05) is 18.4 Å². The largest absolute Gasteiger partial charge is 0.416 e. The Bertz CT molecular complexity index is 1100. The lowest BCUT2D eigenvalue weighted by Gasteiger charge is -2.12. The molecule has 3 rings (SSSR count). The maximum Gasteiger partial charge on any atom is 0.416 e. The van der Waals surface area contributed by atoms with Gasteiger partial charge in [0, 0.05) is 30.4 Å². The number of nitrogens with zero attached hydrogens (tertiary/aromatic N) is 1. The highest BCUT2D eigenvalue weighted by molar-refractivity contribution is 7.89. The van der Waals surface area contributed by atoms with E-state index in [1.807, 2.05) is 6.92 Å². The standard InChI is InChI=1S/C20H20F3N3O2S/c1-14-3-6-16(7-4-14)29(27,28)26-11-2-10-24-18-9-12-25-19-13-15(20(21,22)23)5-8-17(18)19/h3-9,12-13,26H,2,10-11H2,1H3,(H,24,25). The number of sulfonamides is 1. The van der Waals surface area contributed by atoms with Crippen LogP contribution in [0.4, 0.5) is 18.9 Å². The second-order valence-electron chi connectivity index (χ2n) is 6.58. The zero-order valence-electron chi connectivity index (χ0n) is 15.6. The Morgan fingerprint density at radius 2 is 1.72 bits per heavy atom. The van der Waals surface area contributed by atoms with Gasteiger partial charge in [0.15, 0.2) is 0 Å². The molecule has 0 atom stereocenters. The molecule has 29 heavy (non-hydrogen) atoms. The second kappa shape index (κ2) is 8.38. The first-order valence-corrected chi connectivity index (χ1v) is 10.4. The van der Waals surface area contributed by atoms with E-state index in [1.54, 1.807) is 30.3 Å². The molecule has 9 heteroatoms. The van der Waals surface area contributed by atoms with Gasteiger partial charge >= 0.3 is 6.18 Å². The average Bonchev–Trinajstić information content (AvgIpc) is 2.67. The van der Waals surface area contributed by atoms with E-state index in [0.717, 1.165) is 17.7 Å². The molecule has 1 aromatic heterocycles. The number of hydrogen-bond donors (Lipinski definition) is 2. The van der Waals surface area contributed by atoms with Crippen LogP contribution in [0.5, 0.6) is 0 Å². The van der Waals surface area contributed by atoms with E-state index in [9.17, 15) is 21.6 Å². The lowest BCUT2D eigenvalue weighted by molar-refractivity contribution is -0.137. The molecule has 0 saturated carbocycles. The number of rotatable bonds is 7. The molecule has 0 amide bonds. The molecule has 0 saturated heterocycles. The minimum absolute atomic E-state index is 0.205. The summed E-state index contributed by atoms with van der Waals surface area (Å²) in [5.74, 6) is 0. The van der Waals surface area contributed by atoms with Crippen LogP contribution in [-0.4, -0.2) is 26.5 Å². The molecular weight excluding hydrogens is 403 g/mol. The van der Waals surface area contributed by atoms with Crippen molar-refractivity contribution in [1.82, 2.24) is 9.71 Å². The third kappa shape index (κ3) is 5.24. The third-order valence-corrected chi connectivity index (χ3v) is 5.84. The Balaban J connectivity index is 1.58. The van der Waals surface area contributed by atoms with Crippen LogP contribution in [0.1, 0.15) is 17.5 Å². The van der Waals surface area contributed by atoms with Crippen molar-refractivity contribution >= 4 is 26.6 Å². The van der Waals surface area contributed by atoms with Gasteiger partial charge in [-0.2, -0.15) is 13.2 Å². The zero-order chi connectivity index (χ0) is 21.1. The average molecular weight is 423 g/mol. The summed E-state index contributed by atoms with van der Waals surface area (Å²) in [6, 6.07) is 11.6. The van der Waals surface area contributed by atoms with Gasteiger partial charge in [-0.25, -0.2) is 13.1 Å². The van der Waals surface area contributed by atoms with E-state index in [1.165, 1.54) is 12.3 Å². The number of benzene rings is 2. The smallest absolute Gasteiger partial charge is 0.384 e. The number of alkyl halides is 3. The van der Waals surface area contributed by atoms with Crippen LogP contribution in [-0.2, 0) is 16.2 Å². The first kappa shape index (κ1) is 21.1. The lowest BCUT2D eigenvalue weighted by atomic mass is 10.1. The van der Waals surface area contributed by atoms with Crippen LogP contribution in [0, 0.1) is 6.92 Å². The Morgan fingerprint density at radius 1 is 1.00 bits per heavy atom. The maximum atomic E-state index is 12.8. The third-order valence-electron chi connectivity index (χ3n) is 4.36. The number of pyridine rings is 1. The fraction of sp³-hybridized carbons (Fsp3) is 0.250. The Labute approximate surface area is 167 Å². The van der Waals surface area contributed by atoms with Crippen LogP contribution in [0.3, 0.4) is 0 Å². The van der Waals surface area contributed by atoms with E-state index in [4.69, 9.17) is 0 Å². The topological polar surface area (TPSA) is 71.1 Å². The fourth-order valence-electron chi connectivity index (χ4n) is 2.80. The van der Waals surface area contributed by atoms with Crippen LogP contribution >= 0.6 is 0 Å². The van der Waals surface area contributed by atoms with Gasteiger partial charge in [0.2, 0.25) is 10.0 Å². The highest BCUT2D eigenvalue weighted by Gasteiger charge is 2.30. The molecule has 0 aliphatic carbocycles. The molecule has 5 nitrogen and oxygen atoms in total. The van der Waals surface area contributed by atoms with Gasteiger partial charge in [-0.1, -0.05) is 23.8 Å². The molecule has 2 N–H and O–H groups in total. The Kier molecular flexibility index (Phi) is 6.09. The monoisotopic (exact) mass is 423 g/mol. The highest BCUT2D eigenvalue weighted by atomic mass is 32.2. The predicted molar refractivity (Wildman–Crippen MR) is 106 cm³/mol. The highest BCUT2D eigenvalue weighted by Crippen LogP contribution is 2.32. The molecule has 0 bridgehead atoms. The number of hydrogen-bond acceptors (Lipinski definition) is 4. The molecule has 0 spiro atoms. The normalized spacial score (nSPS) is 12.3. The van der Waals surface area contributed by atoms with E-state index in [2.05, 4.69) is 15.0 Å². The quantitative estimate of drug-likeness (QED) is 0.555. The Morgan fingerprint density at radius 3 is 2.41 bits per heavy atom. The van der Waals surface area contributed by atoms with Crippen molar-refractivity contribution in [3.05, 3.63) is 65.9 Å². The summed E-state index contributed by atoms with van der Waals surface area (Å²) in [6.07, 6.45) is -2.49. The van der Waals surface area contributed by atoms with Crippen molar-refractivity contribution < 1.29 is 21.6 Å². The zero-order valence-corrected chi connectivity index (χ0v) is 16.4. The predicted octanol–water partition coefficient (Wildman–Crippen LogP) is 4.34. The molecule has 3 aromatic rings. The number of anilines is 1. The number of halogens is 3. The minimum atomic E-state index is -4.42. The van der Waals surface area contributed by atoms with Crippen molar-refractivity contribution in [3.63, 3.8) is 0 Å². The van der Waals surface area contributed by atoms with Gasteiger partial charge in [0.05, 0.1) is 16.0 Å². The SMILES string of the molecule is Cc1ccc(S(=O)(=O)NCCCNc2ccnc3cc(C(F)(F)F)ccc23)cc1. The molecule has 0 fully saturated rings. The summed E-state index contributed by atoms with van der Waals surface area (Å²) < 4.78 is 65.5. The van der Waals surface area contributed by atoms with Crippen LogP contribution in [0.15, 0.2) is 59.6 Å². The summed E-state index contributed by atoms with van der Waals surface area (Å²) in [5.41, 5.74) is 1.11. The van der Waals surface area contributed by atoms with Crippen molar-refractivity contribution in [1.29, 1.82) is 0 Å². The number of fused-ring (bicyclic) bond motifs is 1. The summed E-state index contributed by atoms with van der Waals surface area (Å²) >= 11 is 0. The fourth-order valence-corrected chi connectivity index (χ4v) is 3.87. The maximum absolute atomic E-state index is 12.8. The van der Waals surface area contributed by atoms with Crippen LogP contribution in [0.2, 0.25) is 0 Å². The molecule has 0 aliphatic heterocycles. The summed E-state index contributed by atoms with van der Waals surface area (Å²) in [5, 5.41) is 3.69. The van der Waals surface area contributed by atoms with E-state index >= 15 is 0 Å². The first-order chi connectivity index (χ1) is 13.7. The number of aromatic nitrogens is 1. The van der Waals surface area contributed by atoms with E-state index in [0.29, 0.717) is 24.0 Å². The molecular formula is C20H20F3N3O2S. The van der Waals surface area contributed by atoms with Gasteiger partial charge in [0.25, 0.3) is 0 Å². The summed E-state index contributed by atoms with van der Waals surface area (Å²) in [6.45, 7) is 2.54. The van der Waals surface area contributed by atoms with E-state index in [-0.39, 0.29) is 17.0 Å². The van der Waals surface area contributed by atoms with Gasteiger partial charge < -0.3 is 5.32 Å². The van der Waals surface area contributed by atoms with Gasteiger partial charge in [0.1, 0.15) is 0 Å². The number of aryl methyl sites for hydroxylation is 1. The van der Waals surface area contributed by atoms with Gasteiger partial charge in [-0.3, -0.25) is 4.98 Å². The minimum Gasteiger partial charge on any atom is -0.384 e. The Hall–Kier alpha value is -2.65. The summed E-state index contributed by atoms with van der Waals surface area (Å²) in [4.78, 5) is 4.21. The molecule has 2 aromatic carbocycles. The molecule has 1 heterocycles. The molecule has 154 valence electrons. The van der Waals surface area contributed by atoms with Crippen molar-refractivity contribution in [3.8, 4) is 0 Å². The van der Waals surface area contributed by atoms with Gasteiger partial charge in [-0.05, 0) is 43.7 Å². The molecule has 0 radical (unpaired) electrons. The number of nitrogens with one attached hydrogen (secondary N) is 2. The van der Waals surface area contributed by atoms with Crippen molar-refractivity contribution in [2.45, 2.75) is 24.4 Å². The first-order valence-electron chi connectivity index (χ1n) is 8.93. The van der Waals surface area contributed by atoms with Crippen molar-refractivity contribution in [2.24, 2.45) is 0 Å². The molecule has 0 aliphatic rings. The van der Waals surface area contributed by atoms with Crippen LogP contribution < -0.4 is 10.0 Å². The van der Waals surface area contributed by atoms with Gasteiger partial charge in [-0.15, -0.1) is 0 Å². The van der Waals surface area contributed by atoms with E-state index < -0.39 is 21.8 Å². The summed E-state index contributed by atoms with van der Waals surface area (Å²) in [7, 11) is -3.57. The van der Waals surface area contributed by atoms with Crippen LogP contribution in [0.25, 0.3) is 10.9 Å². The molecule has 0 unspecified atom stereocenters.